The van der Waals surface area contributed by atoms with Crippen LogP contribution in [0.4, 0.5) is 0 Å². The zero-order valence-electron chi connectivity index (χ0n) is 9.32. The van der Waals surface area contributed by atoms with E-state index in [1.54, 1.807) is 0 Å². The molecule has 2 saturated heterocycles. The zero-order valence-corrected chi connectivity index (χ0v) is 9.32. The Morgan fingerprint density at radius 2 is 2.07 bits per heavy atom. The van der Waals surface area contributed by atoms with Crippen molar-refractivity contribution in [1.29, 1.82) is 0 Å². The number of piperidine rings is 1. The summed E-state index contributed by atoms with van der Waals surface area (Å²) in [5, 5.41) is 0. The van der Waals surface area contributed by atoms with Gasteiger partial charge in [0.15, 0.2) is 0 Å². The Kier molecular flexibility index (Phi) is 3.10. The second kappa shape index (κ2) is 4.35. The third kappa shape index (κ3) is 2.23. The zero-order chi connectivity index (χ0) is 10.8. The summed E-state index contributed by atoms with van der Waals surface area (Å²) in [5.41, 5.74) is 0. The molecule has 2 rings (SSSR count). The van der Waals surface area contributed by atoms with Crippen molar-refractivity contribution < 1.29 is 9.53 Å². The highest BCUT2D eigenvalue weighted by atomic mass is 16.5. The molecule has 2 fully saturated rings. The summed E-state index contributed by atoms with van der Waals surface area (Å²) in [6, 6.07) is 1.21. The maximum Gasteiger partial charge on any atom is 0.302 e. The van der Waals surface area contributed by atoms with Crippen LogP contribution in [0.3, 0.4) is 0 Å². The molecule has 2 bridgehead atoms. The van der Waals surface area contributed by atoms with Gasteiger partial charge in [-0.1, -0.05) is 6.08 Å². The van der Waals surface area contributed by atoms with Crippen LogP contribution in [0.25, 0.3) is 0 Å². The van der Waals surface area contributed by atoms with Gasteiger partial charge < -0.3 is 4.74 Å². The Labute approximate surface area is 91.1 Å². The molecule has 2 atom stereocenters. The Morgan fingerprint density at radius 1 is 1.47 bits per heavy atom. The highest BCUT2D eigenvalue weighted by molar-refractivity contribution is 5.66. The minimum atomic E-state index is -0.142. The smallest absolute Gasteiger partial charge is 0.302 e. The predicted molar refractivity (Wildman–Crippen MR) is 58.5 cm³/mol. The normalized spacial score (nSPS) is 35.1. The van der Waals surface area contributed by atoms with Crippen LogP contribution < -0.4 is 0 Å². The molecule has 84 valence electrons. The maximum atomic E-state index is 10.9. The van der Waals surface area contributed by atoms with E-state index in [9.17, 15) is 4.79 Å². The van der Waals surface area contributed by atoms with Crippen molar-refractivity contribution in [1.82, 2.24) is 4.90 Å². The third-order valence-corrected chi connectivity index (χ3v) is 3.51. The monoisotopic (exact) mass is 209 g/mol. The average Bonchev–Trinajstić information content (AvgIpc) is 2.43. The van der Waals surface area contributed by atoms with E-state index in [-0.39, 0.29) is 12.1 Å². The van der Waals surface area contributed by atoms with Crippen LogP contribution in [0.5, 0.6) is 0 Å². The molecule has 3 heteroatoms. The summed E-state index contributed by atoms with van der Waals surface area (Å²) in [5.74, 6) is -0.142. The molecule has 0 N–H and O–H groups in total. The van der Waals surface area contributed by atoms with Crippen molar-refractivity contribution in [2.75, 3.05) is 6.54 Å². The number of rotatable bonds is 3. The number of hydrogen-bond donors (Lipinski definition) is 0. The van der Waals surface area contributed by atoms with Crippen molar-refractivity contribution in [2.45, 2.75) is 50.8 Å². The van der Waals surface area contributed by atoms with E-state index >= 15 is 0 Å². The number of nitrogens with zero attached hydrogens (tertiary/aromatic N) is 1. The average molecular weight is 209 g/mol. The molecule has 0 aromatic carbocycles. The second-order valence-corrected chi connectivity index (χ2v) is 4.57. The molecule has 0 amide bonds. The predicted octanol–water partition coefficient (Wildman–Crippen LogP) is 1.73. The van der Waals surface area contributed by atoms with Crippen molar-refractivity contribution >= 4 is 5.97 Å². The van der Waals surface area contributed by atoms with Crippen molar-refractivity contribution in [3.8, 4) is 0 Å². The fraction of sp³-hybridized carbons (Fsp3) is 0.750. The van der Waals surface area contributed by atoms with Crippen LogP contribution in [0.2, 0.25) is 0 Å². The topological polar surface area (TPSA) is 29.5 Å². The number of esters is 1. The molecule has 2 aliphatic heterocycles. The van der Waals surface area contributed by atoms with Crippen molar-refractivity contribution in [3.05, 3.63) is 12.7 Å². The van der Waals surface area contributed by atoms with Crippen molar-refractivity contribution in [3.63, 3.8) is 0 Å². The van der Waals surface area contributed by atoms with Gasteiger partial charge in [0, 0.05) is 38.4 Å². The second-order valence-electron chi connectivity index (χ2n) is 4.57. The molecule has 2 aliphatic rings. The van der Waals surface area contributed by atoms with Crippen LogP contribution in [-0.4, -0.2) is 35.6 Å². The third-order valence-electron chi connectivity index (χ3n) is 3.51. The number of carbonyl (C=O) groups is 1. The van der Waals surface area contributed by atoms with E-state index < -0.39 is 0 Å². The minimum Gasteiger partial charge on any atom is -0.462 e. The lowest BCUT2D eigenvalue weighted by Crippen LogP contribution is -2.45. The summed E-state index contributed by atoms with van der Waals surface area (Å²) < 4.78 is 5.31. The Hall–Kier alpha value is -0.830. The molecular weight excluding hydrogens is 190 g/mol. The highest BCUT2D eigenvalue weighted by Crippen LogP contribution is 2.36. The molecule has 0 saturated carbocycles. The molecule has 15 heavy (non-hydrogen) atoms. The van der Waals surface area contributed by atoms with Gasteiger partial charge in [-0.05, 0) is 12.8 Å². The van der Waals surface area contributed by atoms with Gasteiger partial charge in [0.05, 0.1) is 0 Å². The molecule has 0 spiro atoms. The largest absolute Gasteiger partial charge is 0.462 e. The number of hydrogen-bond acceptors (Lipinski definition) is 3. The summed E-state index contributed by atoms with van der Waals surface area (Å²) in [7, 11) is 0. The Bertz CT molecular complexity index is 250. The van der Waals surface area contributed by atoms with Crippen LogP contribution in [0.15, 0.2) is 12.7 Å². The lowest BCUT2D eigenvalue weighted by molar-refractivity contribution is -0.149. The van der Waals surface area contributed by atoms with Gasteiger partial charge >= 0.3 is 5.97 Å². The van der Waals surface area contributed by atoms with E-state index in [1.807, 2.05) is 6.08 Å². The summed E-state index contributed by atoms with van der Waals surface area (Å²) in [6.45, 7) is 6.26. The summed E-state index contributed by atoms with van der Waals surface area (Å²) >= 11 is 0. The van der Waals surface area contributed by atoms with Gasteiger partial charge in [0.25, 0.3) is 0 Å². The van der Waals surface area contributed by atoms with Gasteiger partial charge in [0.2, 0.25) is 0 Å². The van der Waals surface area contributed by atoms with Gasteiger partial charge in [-0.3, -0.25) is 9.69 Å². The van der Waals surface area contributed by atoms with E-state index in [1.165, 1.54) is 19.8 Å². The first kappa shape index (κ1) is 10.7. The maximum absolute atomic E-state index is 10.9. The standard InChI is InChI=1S/C12H19NO2/c1-3-6-13-10-4-5-11(13)8-12(7-10)15-9(2)14/h3,10-12H,1,4-8H2,2H3. The fourth-order valence-electron chi connectivity index (χ4n) is 3.00. The first-order chi connectivity index (χ1) is 7.20. The Balaban J connectivity index is 1.95. The number of fused-ring (bicyclic) bond motifs is 2. The quantitative estimate of drug-likeness (QED) is 0.523. The minimum absolute atomic E-state index is 0.142. The SMILES string of the molecule is C=CCN1C2CCC1CC(OC(C)=O)C2. The highest BCUT2D eigenvalue weighted by Gasteiger charge is 2.40. The summed E-state index contributed by atoms with van der Waals surface area (Å²) in [6.07, 6.45) is 6.62. The van der Waals surface area contributed by atoms with E-state index in [0.29, 0.717) is 12.1 Å². The van der Waals surface area contributed by atoms with E-state index in [2.05, 4.69) is 11.5 Å². The number of carbonyl (C=O) groups excluding carboxylic acids is 1. The lowest BCUT2D eigenvalue weighted by atomic mass is 10.00. The van der Waals surface area contributed by atoms with Gasteiger partial charge in [0.1, 0.15) is 6.10 Å². The van der Waals surface area contributed by atoms with Crippen LogP contribution in [0.1, 0.15) is 32.6 Å². The first-order valence-corrected chi connectivity index (χ1v) is 5.74. The molecule has 2 unspecified atom stereocenters. The van der Waals surface area contributed by atoms with E-state index in [4.69, 9.17) is 4.74 Å². The Morgan fingerprint density at radius 3 is 2.53 bits per heavy atom. The van der Waals surface area contributed by atoms with Gasteiger partial charge in [-0.25, -0.2) is 0 Å². The van der Waals surface area contributed by atoms with Crippen LogP contribution >= 0.6 is 0 Å². The molecule has 0 aromatic heterocycles. The molecule has 2 heterocycles. The molecule has 0 aliphatic carbocycles. The first-order valence-electron chi connectivity index (χ1n) is 5.74. The van der Waals surface area contributed by atoms with Crippen LogP contribution in [0, 0.1) is 0 Å². The van der Waals surface area contributed by atoms with E-state index in [0.717, 1.165) is 19.4 Å². The van der Waals surface area contributed by atoms with Gasteiger partial charge in [-0.15, -0.1) is 6.58 Å². The molecule has 0 aromatic rings. The van der Waals surface area contributed by atoms with Crippen LogP contribution in [-0.2, 0) is 9.53 Å². The molecule has 0 radical (unpaired) electrons. The number of ether oxygens (including phenoxy) is 1. The molecule has 3 nitrogen and oxygen atoms in total. The van der Waals surface area contributed by atoms with Gasteiger partial charge in [-0.2, -0.15) is 0 Å². The fourth-order valence-corrected chi connectivity index (χ4v) is 3.00. The van der Waals surface area contributed by atoms with Crippen molar-refractivity contribution in [2.24, 2.45) is 0 Å². The molecular formula is C12H19NO2. The lowest BCUT2D eigenvalue weighted by Gasteiger charge is -2.37. The summed E-state index contributed by atoms with van der Waals surface area (Å²) in [4.78, 5) is 13.4.